The van der Waals surface area contributed by atoms with Crippen LogP contribution in [-0.2, 0) is 4.79 Å². The summed E-state index contributed by atoms with van der Waals surface area (Å²) in [7, 11) is 0. The van der Waals surface area contributed by atoms with Gasteiger partial charge in [0.25, 0.3) is 5.91 Å². The van der Waals surface area contributed by atoms with Crippen molar-refractivity contribution in [2.24, 2.45) is 0 Å². The number of anilines is 2. The number of hydrogen-bond donors (Lipinski definition) is 3. The zero-order chi connectivity index (χ0) is 20.4. The summed E-state index contributed by atoms with van der Waals surface area (Å²) >= 11 is 2.55. The van der Waals surface area contributed by atoms with E-state index in [9.17, 15) is 9.59 Å². The van der Waals surface area contributed by atoms with Gasteiger partial charge in [-0.15, -0.1) is 16.4 Å². The van der Waals surface area contributed by atoms with Crippen molar-refractivity contribution in [2.45, 2.75) is 13.8 Å². The van der Waals surface area contributed by atoms with E-state index >= 15 is 0 Å². The number of carbonyl (C=O) groups is 2. The third kappa shape index (κ3) is 4.17. The number of aryl methyl sites for hydroxylation is 1. The van der Waals surface area contributed by atoms with Gasteiger partial charge in [-0.1, -0.05) is 23.5 Å². The Bertz CT molecular complexity index is 1180. The smallest absolute Gasteiger partial charge is 0.284 e. The third-order valence-electron chi connectivity index (χ3n) is 3.75. The van der Waals surface area contributed by atoms with Crippen LogP contribution in [0.3, 0.4) is 0 Å². The van der Waals surface area contributed by atoms with Crippen LogP contribution in [0.4, 0.5) is 10.8 Å². The molecule has 0 aliphatic heterocycles. The quantitative estimate of drug-likeness (QED) is 0.446. The van der Waals surface area contributed by atoms with Gasteiger partial charge in [0.1, 0.15) is 0 Å². The second kappa shape index (κ2) is 7.85. The fourth-order valence-electron chi connectivity index (χ4n) is 2.53. The number of amides is 2. The molecule has 0 atom stereocenters. The number of carbonyl (C=O) groups excluding carboxylic acids is 2. The summed E-state index contributed by atoms with van der Waals surface area (Å²) in [5.41, 5.74) is 2.73. The van der Waals surface area contributed by atoms with Gasteiger partial charge in [-0.2, -0.15) is 0 Å². The normalized spacial score (nSPS) is 10.7. The van der Waals surface area contributed by atoms with Crippen LogP contribution in [0, 0.1) is 6.92 Å². The van der Waals surface area contributed by atoms with Crippen molar-refractivity contribution in [3.05, 3.63) is 40.3 Å². The molecule has 0 aliphatic carbocycles. The molecular formula is C17H14N8O2S2. The fourth-order valence-corrected chi connectivity index (χ4v) is 4.28. The molecule has 1 aromatic carbocycles. The maximum Gasteiger partial charge on any atom is 0.284 e. The van der Waals surface area contributed by atoms with E-state index in [1.807, 2.05) is 13.0 Å². The molecule has 12 heteroatoms. The van der Waals surface area contributed by atoms with Crippen LogP contribution in [0.1, 0.15) is 22.4 Å². The zero-order valence-electron chi connectivity index (χ0n) is 15.3. The van der Waals surface area contributed by atoms with Crippen molar-refractivity contribution in [3.63, 3.8) is 0 Å². The molecule has 29 heavy (non-hydrogen) atoms. The standard InChI is InChI=1S/C17H14N8O2S2/c1-8-13(29-17(18-8)19-9(2)26)12-7-28-16(21-12)15(27)20-11-5-3-4-10(6-11)14-22-24-25-23-14/h3-7H,1-2H3,(H,20,27)(H,18,19,26)(H,22,23,24,25). The number of aromatic nitrogens is 6. The van der Waals surface area contributed by atoms with Gasteiger partial charge >= 0.3 is 0 Å². The Morgan fingerprint density at radius 1 is 1.17 bits per heavy atom. The molecule has 3 N–H and O–H groups in total. The lowest BCUT2D eigenvalue weighted by Gasteiger charge is -2.04. The molecule has 0 saturated heterocycles. The van der Waals surface area contributed by atoms with Gasteiger partial charge in [-0.3, -0.25) is 9.59 Å². The summed E-state index contributed by atoms with van der Waals surface area (Å²) in [6.07, 6.45) is 0. The summed E-state index contributed by atoms with van der Waals surface area (Å²) in [6, 6.07) is 7.16. The summed E-state index contributed by atoms with van der Waals surface area (Å²) in [5, 5.41) is 21.7. The van der Waals surface area contributed by atoms with Gasteiger partial charge in [0.05, 0.1) is 16.3 Å². The Morgan fingerprint density at radius 3 is 2.79 bits per heavy atom. The molecule has 0 radical (unpaired) electrons. The molecule has 3 aromatic heterocycles. The minimum atomic E-state index is -0.321. The van der Waals surface area contributed by atoms with Crippen molar-refractivity contribution >= 4 is 45.3 Å². The molecule has 3 heterocycles. The first-order chi connectivity index (χ1) is 14.0. The predicted octanol–water partition coefficient (Wildman–Crippen LogP) is 2.97. The number of tetrazole rings is 1. The topological polar surface area (TPSA) is 138 Å². The Balaban J connectivity index is 1.51. The van der Waals surface area contributed by atoms with Crippen molar-refractivity contribution in [3.8, 4) is 22.0 Å². The van der Waals surface area contributed by atoms with Crippen LogP contribution in [-0.4, -0.2) is 42.4 Å². The number of thiazole rings is 2. The third-order valence-corrected chi connectivity index (χ3v) is 5.69. The van der Waals surface area contributed by atoms with Crippen LogP contribution in [0.25, 0.3) is 22.0 Å². The first-order valence-corrected chi connectivity index (χ1v) is 10.1. The largest absolute Gasteiger partial charge is 0.320 e. The minimum Gasteiger partial charge on any atom is -0.320 e. The molecule has 0 aliphatic rings. The maximum atomic E-state index is 12.6. The highest BCUT2D eigenvalue weighted by Crippen LogP contribution is 2.33. The number of hydrogen-bond acceptors (Lipinski definition) is 9. The van der Waals surface area contributed by atoms with Crippen LogP contribution < -0.4 is 10.6 Å². The average molecular weight is 426 g/mol. The number of benzene rings is 1. The first-order valence-electron chi connectivity index (χ1n) is 8.36. The lowest BCUT2D eigenvalue weighted by Crippen LogP contribution is -2.11. The van der Waals surface area contributed by atoms with Crippen molar-refractivity contribution < 1.29 is 9.59 Å². The molecule has 0 bridgehead atoms. The molecule has 10 nitrogen and oxygen atoms in total. The molecule has 146 valence electrons. The second-order valence-electron chi connectivity index (χ2n) is 5.94. The van der Waals surface area contributed by atoms with Crippen LogP contribution in [0.5, 0.6) is 0 Å². The van der Waals surface area contributed by atoms with Gasteiger partial charge in [-0.25, -0.2) is 15.1 Å². The van der Waals surface area contributed by atoms with E-state index in [1.54, 1.807) is 23.6 Å². The molecular weight excluding hydrogens is 412 g/mol. The maximum absolute atomic E-state index is 12.6. The van der Waals surface area contributed by atoms with Crippen LogP contribution in [0.15, 0.2) is 29.6 Å². The fraction of sp³-hybridized carbons (Fsp3) is 0.118. The highest BCUT2D eigenvalue weighted by molar-refractivity contribution is 7.19. The number of nitrogens with one attached hydrogen (secondary N) is 3. The SMILES string of the molecule is CC(=O)Nc1nc(C)c(-c2csc(C(=O)Nc3cccc(-c4nnn[nH]4)c3)n2)s1. The molecule has 2 amide bonds. The van der Waals surface area contributed by atoms with Crippen molar-refractivity contribution in [1.82, 2.24) is 30.6 Å². The molecule has 0 unspecified atom stereocenters. The Morgan fingerprint density at radius 2 is 2.03 bits per heavy atom. The van der Waals surface area contributed by atoms with E-state index in [4.69, 9.17) is 0 Å². The van der Waals surface area contributed by atoms with E-state index in [1.165, 1.54) is 29.6 Å². The van der Waals surface area contributed by atoms with Crippen molar-refractivity contribution in [2.75, 3.05) is 10.6 Å². The summed E-state index contributed by atoms with van der Waals surface area (Å²) < 4.78 is 0. The molecule has 4 rings (SSSR count). The van der Waals surface area contributed by atoms with E-state index in [0.29, 0.717) is 27.3 Å². The van der Waals surface area contributed by atoms with Crippen LogP contribution >= 0.6 is 22.7 Å². The van der Waals surface area contributed by atoms with Crippen molar-refractivity contribution in [1.29, 1.82) is 0 Å². The predicted molar refractivity (Wildman–Crippen MR) is 110 cm³/mol. The number of H-pyrrole nitrogens is 1. The Labute approximate surface area is 172 Å². The monoisotopic (exact) mass is 426 g/mol. The van der Waals surface area contributed by atoms with Gasteiger partial charge < -0.3 is 10.6 Å². The number of nitrogens with zero attached hydrogens (tertiary/aromatic N) is 5. The Kier molecular flexibility index (Phi) is 5.10. The Hall–Kier alpha value is -3.51. The summed E-state index contributed by atoms with van der Waals surface area (Å²) in [5.74, 6) is -0.00128. The van der Waals surface area contributed by atoms with Gasteiger partial charge in [0.15, 0.2) is 16.0 Å². The molecule has 4 aromatic rings. The first kappa shape index (κ1) is 18.8. The van der Waals surface area contributed by atoms with Gasteiger partial charge in [-0.05, 0) is 29.5 Å². The zero-order valence-corrected chi connectivity index (χ0v) is 16.9. The van der Waals surface area contributed by atoms with Gasteiger partial charge in [0, 0.05) is 23.6 Å². The van der Waals surface area contributed by atoms with E-state index in [2.05, 4.69) is 41.2 Å². The van der Waals surface area contributed by atoms with E-state index < -0.39 is 0 Å². The number of rotatable bonds is 5. The second-order valence-corrected chi connectivity index (χ2v) is 7.79. The highest BCUT2D eigenvalue weighted by atomic mass is 32.1. The lowest BCUT2D eigenvalue weighted by atomic mass is 10.2. The van der Waals surface area contributed by atoms with E-state index in [0.717, 1.165) is 16.1 Å². The summed E-state index contributed by atoms with van der Waals surface area (Å²) in [6.45, 7) is 3.26. The summed E-state index contributed by atoms with van der Waals surface area (Å²) in [4.78, 5) is 33.4. The molecule has 0 saturated carbocycles. The lowest BCUT2D eigenvalue weighted by molar-refractivity contribution is -0.114. The number of aromatic amines is 1. The van der Waals surface area contributed by atoms with Crippen LogP contribution in [0.2, 0.25) is 0 Å². The molecule has 0 fully saturated rings. The van der Waals surface area contributed by atoms with Gasteiger partial charge in [0.2, 0.25) is 5.91 Å². The average Bonchev–Trinajstić information content (AvgIpc) is 3.42. The molecule has 0 spiro atoms. The van der Waals surface area contributed by atoms with E-state index in [-0.39, 0.29) is 11.8 Å². The highest BCUT2D eigenvalue weighted by Gasteiger charge is 2.17. The minimum absolute atomic E-state index is 0.188.